The summed E-state index contributed by atoms with van der Waals surface area (Å²) < 4.78 is 5.54. The average molecular weight is 410 g/mol. The molecule has 0 spiro atoms. The number of aromatic amines is 1. The Labute approximate surface area is 172 Å². The highest BCUT2D eigenvalue weighted by molar-refractivity contribution is 7.15. The number of nitrogens with one attached hydrogen (secondary N) is 2. The first-order chi connectivity index (χ1) is 14.2. The Morgan fingerprint density at radius 1 is 1.28 bits per heavy atom. The first kappa shape index (κ1) is 18.3. The third-order valence-electron chi connectivity index (χ3n) is 5.48. The van der Waals surface area contributed by atoms with E-state index >= 15 is 0 Å². The minimum absolute atomic E-state index is 0.0126. The van der Waals surface area contributed by atoms with Crippen LogP contribution in [0.25, 0.3) is 10.9 Å². The van der Waals surface area contributed by atoms with Gasteiger partial charge in [-0.3, -0.25) is 14.9 Å². The van der Waals surface area contributed by atoms with Crippen molar-refractivity contribution in [2.45, 2.75) is 38.3 Å². The quantitative estimate of drug-likeness (QED) is 0.693. The molecule has 0 saturated carbocycles. The van der Waals surface area contributed by atoms with Gasteiger partial charge in [0.15, 0.2) is 5.13 Å². The van der Waals surface area contributed by atoms with Gasteiger partial charge in [0.1, 0.15) is 11.8 Å². The summed E-state index contributed by atoms with van der Waals surface area (Å²) in [5.41, 5.74) is 2.53. The number of para-hydroxylation sites is 1. The maximum Gasteiger partial charge on any atom is 0.270 e. The zero-order chi connectivity index (χ0) is 19.8. The maximum absolute atomic E-state index is 13.0. The van der Waals surface area contributed by atoms with Crippen molar-refractivity contribution in [2.24, 2.45) is 0 Å². The Balaban J connectivity index is 1.28. The second-order valence-electron chi connectivity index (χ2n) is 7.48. The molecule has 29 heavy (non-hydrogen) atoms. The molecular formula is C21H22N4O3S. The van der Waals surface area contributed by atoms with E-state index in [2.05, 4.69) is 15.3 Å². The second kappa shape index (κ2) is 7.61. The lowest BCUT2D eigenvalue weighted by Crippen LogP contribution is -2.35. The number of rotatable bonds is 3. The molecule has 5 rings (SSSR count). The van der Waals surface area contributed by atoms with E-state index in [1.165, 1.54) is 11.3 Å². The third kappa shape index (κ3) is 3.65. The lowest BCUT2D eigenvalue weighted by Gasteiger charge is -2.25. The molecule has 1 unspecified atom stereocenters. The van der Waals surface area contributed by atoms with E-state index in [1.54, 1.807) is 0 Å². The zero-order valence-corrected chi connectivity index (χ0v) is 16.8. The van der Waals surface area contributed by atoms with Crippen LogP contribution < -0.4 is 5.32 Å². The first-order valence-electron chi connectivity index (χ1n) is 9.95. The van der Waals surface area contributed by atoms with E-state index < -0.39 is 0 Å². The molecule has 2 aliphatic rings. The van der Waals surface area contributed by atoms with E-state index in [4.69, 9.17) is 4.74 Å². The molecule has 0 radical (unpaired) electrons. The van der Waals surface area contributed by atoms with Gasteiger partial charge in [-0.25, -0.2) is 4.98 Å². The summed E-state index contributed by atoms with van der Waals surface area (Å²) >= 11 is 1.45. The fourth-order valence-corrected chi connectivity index (χ4v) is 4.94. The predicted octanol–water partition coefficient (Wildman–Crippen LogP) is 3.33. The molecular weight excluding hydrogens is 388 g/mol. The number of carbonyl (C=O) groups excluding carboxylic acids is 2. The topological polar surface area (TPSA) is 87.3 Å². The van der Waals surface area contributed by atoms with E-state index in [0.29, 0.717) is 36.9 Å². The Morgan fingerprint density at radius 3 is 3.00 bits per heavy atom. The average Bonchev–Trinajstić information content (AvgIpc) is 3.36. The van der Waals surface area contributed by atoms with Gasteiger partial charge in [0.05, 0.1) is 12.2 Å². The summed E-state index contributed by atoms with van der Waals surface area (Å²) in [7, 11) is 0. The normalized spacial score (nSPS) is 19.2. The van der Waals surface area contributed by atoms with Gasteiger partial charge in [0, 0.05) is 35.4 Å². The minimum Gasteiger partial charge on any atom is -0.368 e. The van der Waals surface area contributed by atoms with Crippen LogP contribution in [0.5, 0.6) is 0 Å². The highest BCUT2D eigenvalue weighted by Gasteiger charge is 2.27. The predicted molar refractivity (Wildman–Crippen MR) is 111 cm³/mol. The van der Waals surface area contributed by atoms with E-state index in [9.17, 15) is 9.59 Å². The number of hydrogen-bond acceptors (Lipinski definition) is 5. The SMILES string of the molecule is O=C(Nc1nc2c(s1)CN(C(=O)c1cc3ccccc3[nH]1)CC2)C1CCCCO1. The summed E-state index contributed by atoms with van der Waals surface area (Å²) in [6.07, 6.45) is 3.08. The van der Waals surface area contributed by atoms with E-state index in [1.807, 2.05) is 35.2 Å². The number of fused-ring (bicyclic) bond motifs is 2. The molecule has 8 heteroatoms. The lowest BCUT2D eigenvalue weighted by molar-refractivity contribution is -0.129. The zero-order valence-electron chi connectivity index (χ0n) is 15.9. The molecule has 0 aliphatic carbocycles. The molecule has 3 aromatic rings. The van der Waals surface area contributed by atoms with Crippen LogP contribution >= 0.6 is 11.3 Å². The number of carbonyl (C=O) groups is 2. The summed E-state index contributed by atoms with van der Waals surface area (Å²) in [4.78, 5) is 36.0. The van der Waals surface area contributed by atoms with Gasteiger partial charge in [-0.15, -0.1) is 0 Å². The molecule has 2 aromatic heterocycles. The number of amides is 2. The molecule has 2 N–H and O–H groups in total. The largest absolute Gasteiger partial charge is 0.368 e. The molecule has 2 aliphatic heterocycles. The molecule has 4 heterocycles. The number of ether oxygens (including phenoxy) is 1. The molecule has 150 valence electrons. The van der Waals surface area contributed by atoms with Gasteiger partial charge in [-0.05, 0) is 31.4 Å². The Morgan fingerprint density at radius 2 is 2.17 bits per heavy atom. The summed E-state index contributed by atoms with van der Waals surface area (Å²) in [6, 6.07) is 9.77. The van der Waals surface area contributed by atoms with Crippen molar-refractivity contribution in [1.29, 1.82) is 0 Å². The van der Waals surface area contributed by atoms with E-state index in [0.717, 1.165) is 40.7 Å². The van der Waals surface area contributed by atoms with Gasteiger partial charge >= 0.3 is 0 Å². The van der Waals surface area contributed by atoms with Crippen molar-refractivity contribution in [2.75, 3.05) is 18.5 Å². The number of hydrogen-bond donors (Lipinski definition) is 2. The Hall–Kier alpha value is -2.71. The highest BCUT2D eigenvalue weighted by atomic mass is 32.1. The highest BCUT2D eigenvalue weighted by Crippen LogP contribution is 2.30. The van der Waals surface area contributed by atoms with Crippen molar-refractivity contribution < 1.29 is 14.3 Å². The summed E-state index contributed by atoms with van der Waals surface area (Å²) in [5, 5.41) is 4.52. The molecule has 1 aromatic carbocycles. The fourth-order valence-electron chi connectivity index (χ4n) is 3.91. The molecule has 0 bridgehead atoms. The summed E-state index contributed by atoms with van der Waals surface area (Å²) in [5.74, 6) is -0.136. The van der Waals surface area contributed by atoms with Crippen LogP contribution in [0, 0.1) is 0 Å². The van der Waals surface area contributed by atoms with Crippen molar-refractivity contribution >= 4 is 39.2 Å². The van der Waals surface area contributed by atoms with Gasteiger partial charge in [0.2, 0.25) is 0 Å². The number of nitrogens with zero attached hydrogens (tertiary/aromatic N) is 2. The molecule has 1 atom stereocenters. The summed E-state index contributed by atoms with van der Waals surface area (Å²) in [6.45, 7) is 1.76. The van der Waals surface area contributed by atoms with Crippen molar-refractivity contribution in [1.82, 2.24) is 14.9 Å². The Bertz CT molecular complexity index is 1030. The fraction of sp³-hybridized carbons (Fsp3) is 0.381. The van der Waals surface area contributed by atoms with Crippen molar-refractivity contribution in [3.05, 3.63) is 46.6 Å². The standard InChI is InChI=1S/C21H22N4O3S/c26-19(17-7-3-4-10-28-17)24-21-23-15-8-9-25(12-18(15)29-21)20(27)16-11-13-5-1-2-6-14(13)22-16/h1-2,5-6,11,17,22H,3-4,7-10,12H2,(H,23,24,26). The molecule has 7 nitrogen and oxygen atoms in total. The number of H-pyrrole nitrogens is 1. The smallest absolute Gasteiger partial charge is 0.270 e. The molecule has 2 amide bonds. The van der Waals surface area contributed by atoms with Gasteiger partial charge in [-0.1, -0.05) is 29.5 Å². The Kier molecular flexibility index (Phi) is 4.81. The second-order valence-corrected chi connectivity index (χ2v) is 8.56. The van der Waals surface area contributed by atoms with Gasteiger partial charge in [-0.2, -0.15) is 0 Å². The van der Waals surface area contributed by atoms with E-state index in [-0.39, 0.29) is 17.9 Å². The number of thiazole rings is 1. The minimum atomic E-state index is -0.384. The van der Waals surface area contributed by atoms with Crippen LogP contribution in [0.4, 0.5) is 5.13 Å². The van der Waals surface area contributed by atoms with Crippen LogP contribution in [0.15, 0.2) is 30.3 Å². The van der Waals surface area contributed by atoms with Crippen LogP contribution in [0.2, 0.25) is 0 Å². The molecule has 1 saturated heterocycles. The maximum atomic E-state index is 13.0. The lowest BCUT2D eigenvalue weighted by atomic mass is 10.1. The first-order valence-corrected chi connectivity index (χ1v) is 10.8. The van der Waals surface area contributed by atoms with Crippen molar-refractivity contribution in [3.8, 4) is 0 Å². The number of aromatic nitrogens is 2. The number of benzene rings is 1. The third-order valence-corrected chi connectivity index (χ3v) is 6.48. The molecule has 1 fully saturated rings. The van der Waals surface area contributed by atoms with Crippen LogP contribution in [-0.4, -0.2) is 45.9 Å². The van der Waals surface area contributed by atoms with Crippen LogP contribution in [0.3, 0.4) is 0 Å². The van der Waals surface area contributed by atoms with Crippen LogP contribution in [-0.2, 0) is 22.5 Å². The van der Waals surface area contributed by atoms with Gasteiger partial charge in [0.25, 0.3) is 11.8 Å². The number of anilines is 1. The van der Waals surface area contributed by atoms with Gasteiger partial charge < -0.3 is 14.6 Å². The van der Waals surface area contributed by atoms with Crippen LogP contribution in [0.1, 0.15) is 40.3 Å². The monoisotopic (exact) mass is 410 g/mol. The van der Waals surface area contributed by atoms with Crippen molar-refractivity contribution in [3.63, 3.8) is 0 Å².